The normalized spacial score (nSPS) is 10.7. The number of anilines is 1. The van der Waals surface area contributed by atoms with Crippen molar-refractivity contribution in [2.24, 2.45) is 7.05 Å². The van der Waals surface area contributed by atoms with E-state index in [4.69, 9.17) is 4.74 Å². The highest BCUT2D eigenvalue weighted by Gasteiger charge is 2.19. The lowest BCUT2D eigenvalue weighted by atomic mass is 10.2. The van der Waals surface area contributed by atoms with Crippen LogP contribution in [0.15, 0.2) is 30.3 Å². The van der Waals surface area contributed by atoms with Gasteiger partial charge in [-0.25, -0.2) is 4.79 Å². The van der Waals surface area contributed by atoms with Crippen molar-refractivity contribution in [3.05, 3.63) is 51.0 Å². The smallest absolute Gasteiger partial charge is 0.348 e. The van der Waals surface area contributed by atoms with Crippen LogP contribution in [0.3, 0.4) is 0 Å². The lowest BCUT2D eigenvalue weighted by molar-refractivity contribution is -0.383. The van der Waals surface area contributed by atoms with Gasteiger partial charge in [-0.2, -0.15) is 5.10 Å². The number of nitro groups is 1. The largest absolute Gasteiger partial charge is 0.451 e. The zero-order valence-corrected chi connectivity index (χ0v) is 14.7. The zero-order valence-electron chi connectivity index (χ0n) is 13.9. The van der Waals surface area contributed by atoms with Crippen molar-refractivity contribution in [2.45, 2.75) is 6.92 Å². The van der Waals surface area contributed by atoms with Crippen LogP contribution < -0.4 is 5.32 Å². The number of esters is 1. The van der Waals surface area contributed by atoms with Gasteiger partial charge in [-0.1, -0.05) is 12.1 Å². The summed E-state index contributed by atoms with van der Waals surface area (Å²) < 4.78 is 6.67. The van der Waals surface area contributed by atoms with Crippen LogP contribution in [0.2, 0.25) is 0 Å². The van der Waals surface area contributed by atoms with E-state index in [1.54, 1.807) is 23.9 Å². The summed E-state index contributed by atoms with van der Waals surface area (Å²) in [4.78, 5) is 35.6. The number of carbonyl (C=O) groups is 2. The number of aryl methyl sites for hydroxylation is 2. The lowest BCUT2D eigenvalue weighted by Gasteiger charge is -2.06. The van der Waals surface area contributed by atoms with E-state index in [0.29, 0.717) is 4.88 Å². The molecule has 0 bridgehead atoms. The number of thiophene rings is 1. The molecule has 3 rings (SSSR count). The van der Waals surface area contributed by atoms with E-state index in [-0.39, 0.29) is 11.4 Å². The van der Waals surface area contributed by atoms with Gasteiger partial charge in [-0.15, -0.1) is 11.3 Å². The zero-order chi connectivity index (χ0) is 18.8. The van der Waals surface area contributed by atoms with Crippen molar-refractivity contribution in [3.63, 3.8) is 0 Å². The second kappa shape index (κ2) is 6.92. The quantitative estimate of drug-likeness (QED) is 0.417. The number of benzene rings is 1. The Balaban J connectivity index is 1.64. The molecule has 0 aliphatic carbocycles. The van der Waals surface area contributed by atoms with E-state index in [2.05, 4.69) is 10.4 Å². The molecule has 10 heteroatoms. The van der Waals surface area contributed by atoms with E-state index in [1.807, 2.05) is 6.92 Å². The van der Waals surface area contributed by atoms with Gasteiger partial charge in [0.15, 0.2) is 6.61 Å². The Bertz CT molecular complexity index is 988. The van der Waals surface area contributed by atoms with Crippen molar-refractivity contribution >= 4 is 44.8 Å². The standard InChI is InChI=1S/C16H14N4O5S/c1-9-10-7-13(26-15(10)19(2)18-9)16(22)25-8-14(21)17-11-5-3-4-6-12(11)20(23)24/h3-7H,8H2,1-2H3,(H,17,21). The Labute approximate surface area is 151 Å². The molecule has 9 nitrogen and oxygen atoms in total. The molecule has 2 heterocycles. The number of nitrogens with one attached hydrogen (secondary N) is 1. The van der Waals surface area contributed by atoms with Crippen LogP contribution in [-0.2, 0) is 16.6 Å². The predicted octanol–water partition coefficient (Wildman–Crippen LogP) is 2.65. The maximum absolute atomic E-state index is 12.1. The van der Waals surface area contributed by atoms with Crippen LogP contribution in [0.4, 0.5) is 11.4 Å². The van der Waals surface area contributed by atoms with Crippen molar-refractivity contribution in [3.8, 4) is 0 Å². The summed E-state index contributed by atoms with van der Waals surface area (Å²) in [7, 11) is 1.78. The van der Waals surface area contributed by atoms with E-state index in [1.165, 1.54) is 29.5 Å². The highest BCUT2D eigenvalue weighted by Crippen LogP contribution is 2.28. The van der Waals surface area contributed by atoms with Gasteiger partial charge in [-0.3, -0.25) is 19.6 Å². The van der Waals surface area contributed by atoms with Gasteiger partial charge in [0.25, 0.3) is 11.6 Å². The topological polar surface area (TPSA) is 116 Å². The SMILES string of the molecule is Cc1nn(C)c2sc(C(=O)OCC(=O)Nc3ccccc3[N+](=O)[O-])cc12. The molecular weight excluding hydrogens is 360 g/mol. The summed E-state index contributed by atoms with van der Waals surface area (Å²) in [6.07, 6.45) is 0. The van der Waals surface area contributed by atoms with Gasteiger partial charge >= 0.3 is 5.97 Å². The fourth-order valence-electron chi connectivity index (χ4n) is 2.43. The Morgan fingerprint density at radius 1 is 1.38 bits per heavy atom. The van der Waals surface area contributed by atoms with E-state index in [9.17, 15) is 19.7 Å². The number of hydrogen-bond donors (Lipinski definition) is 1. The van der Waals surface area contributed by atoms with Gasteiger partial charge in [0.05, 0.1) is 10.6 Å². The monoisotopic (exact) mass is 374 g/mol. The molecular formula is C16H14N4O5S. The molecule has 1 N–H and O–H groups in total. The molecule has 134 valence electrons. The summed E-state index contributed by atoms with van der Waals surface area (Å²) in [6.45, 7) is 1.29. The number of aromatic nitrogens is 2. The molecule has 0 aliphatic heterocycles. The summed E-state index contributed by atoms with van der Waals surface area (Å²) in [5.41, 5.74) is 0.605. The summed E-state index contributed by atoms with van der Waals surface area (Å²) in [5.74, 6) is -1.30. The van der Waals surface area contributed by atoms with Gasteiger partial charge in [0.2, 0.25) is 0 Å². The van der Waals surface area contributed by atoms with Crippen molar-refractivity contribution in [1.29, 1.82) is 0 Å². The third-order valence-corrected chi connectivity index (χ3v) is 4.79. The number of nitrogens with zero attached hydrogens (tertiary/aromatic N) is 3. The Morgan fingerprint density at radius 2 is 2.12 bits per heavy atom. The third kappa shape index (κ3) is 3.40. The average Bonchev–Trinajstić information content (AvgIpc) is 3.15. The van der Waals surface area contributed by atoms with Crippen molar-refractivity contribution < 1.29 is 19.2 Å². The lowest BCUT2D eigenvalue weighted by Crippen LogP contribution is -2.21. The Kier molecular flexibility index (Phi) is 4.67. The first-order valence-electron chi connectivity index (χ1n) is 7.50. The molecule has 3 aromatic rings. The fraction of sp³-hybridized carbons (Fsp3) is 0.188. The number of hydrogen-bond acceptors (Lipinski definition) is 7. The fourth-order valence-corrected chi connectivity index (χ4v) is 3.45. The maximum Gasteiger partial charge on any atom is 0.348 e. The third-order valence-electron chi connectivity index (χ3n) is 3.61. The first-order chi connectivity index (χ1) is 12.4. The van der Waals surface area contributed by atoms with Gasteiger partial charge in [0.1, 0.15) is 15.4 Å². The minimum Gasteiger partial charge on any atom is -0.451 e. The van der Waals surface area contributed by atoms with Crippen LogP contribution in [0, 0.1) is 17.0 Å². The number of rotatable bonds is 5. The van der Waals surface area contributed by atoms with Crippen molar-refractivity contribution in [1.82, 2.24) is 9.78 Å². The summed E-state index contributed by atoms with van der Waals surface area (Å²) in [6, 6.07) is 7.40. The van der Waals surface area contributed by atoms with Gasteiger partial charge in [-0.05, 0) is 19.1 Å². The highest BCUT2D eigenvalue weighted by molar-refractivity contribution is 7.20. The molecule has 0 spiro atoms. The number of carbonyl (C=O) groups excluding carboxylic acids is 2. The number of para-hydroxylation sites is 2. The maximum atomic E-state index is 12.1. The Morgan fingerprint density at radius 3 is 2.81 bits per heavy atom. The highest BCUT2D eigenvalue weighted by atomic mass is 32.1. The van der Waals surface area contributed by atoms with Crippen LogP contribution in [0.1, 0.15) is 15.4 Å². The van der Waals surface area contributed by atoms with Gasteiger partial charge in [0, 0.05) is 18.5 Å². The molecule has 0 unspecified atom stereocenters. The first-order valence-corrected chi connectivity index (χ1v) is 8.32. The van der Waals surface area contributed by atoms with Crippen molar-refractivity contribution in [2.75, 3.05) is 11.9 Å². The van der Waals surface area contributed by atoms with Gasteiger partial charge < -0.3 is 10.1 Å². The molecule has 26 heavy (non-hydrogen) atoms. The van der Waals surface area contributed by atoms with Crippen LogP contribution in [0.25, 0.3) is 10.2 Å². The second-order valence-electron chi connectivity index (χ2n) is 5.44. The number of amides is 1. The minimum atomic E-state index is -0.661. The number of fused-ring (bicyclic) bond motifs is 1. The molecule has 1 aromatic carbocycles. The molecule has 2 aromatic heterocycles. The molecule has 1 amide bonds. The van der Waals surface area contributed by atoms with Crippen LogP contribution in [-0.4, -0.2) is 33.2 Å². The second-order valence-corrected chi connectivity index (χ2v) is 6.47. The Hall–Kier alpha value is -3.27. The molecule has 0 radical (unpaired) electrons. The first kappa shape index (κ1) is 17.5. The molecule has 0 aliphatic rings. The summed E-state index contributed by atoms with van der Waals surface area (Å²) >= 11 is 1.22. The van der Waals surface area contributed by atoms with E-state index < -0.39 is 23.4 Å². The van der Waals surface area contributed by atoms with Crippen LogP contribution >= 0.6 is 11.3 Å². The molecule has 0 saturated heterocycles. The van der Waals surface area contributed by atoms with Crippen LogP contribution in [0.5, 0.6) is 0 Å². The number of ether oxygens (including phenoxy) is 1. The average molecular weight is 374 g/mol. The summed E-state index contributed by atoms with van der Waals surface area (Å²) in [5, 5.41) is 18.4. The minimum absolute atomic E-state index is 0.0436. The van der Waals surface area contributed by atoms with E-state index in [0.717, 1.165) is 15.9 Å². The molecule has 0 saturated carbocycles. The molecule has 0 atom stereocenters. The number of nitro benzene ring substituents is 1. The van der Waals surface area contributed by atoms with E-state index >= 15 is 0 Å². The predicted molar refractivity (Wildman–Crippen MR) is 95.3 cm³/mol. The molecule has 0 fully saturated rings.